The molecule has 0 atom stereocenters. The first kappa shape index (κ1) is 25.2. The number of rotatable bonds is 21. The minimum absolute atomic E-state index is 0.868. The van der Waals surface area contributed by atoms with Gasteiger partial charge in [0.1, 0.15) is 0 Å². The van der Waals surface area contributed by atoms with Crippen molar-refractivity contribution < 1.29 is 9.90 Å². The van der Waals surface area contributed by atoms with Gasteiger partial charge in [-0.2, -0.15) is 0 Å². The minimum atomic E-state index is -1.08. The van der Waals surface area contributed by atoms with Crippen LogP contribution in [0.1, 0.15) is 135 Å². The molecule has 153 valence electrons. The van der Waals surface area contributed by atoms with Gasteiger partial charge in [0.25, 0.3) is 0 Å². The summed E-state index contributed by atoms with van der Waals surface area (Å²) in [5.41, 5.74) is 0. The molecule has 0 fully saturated rings. The molecule has 0 amide bonds. The van der Waals surface area contributed by atoms with E-state index in [1.165, 1.54) is 116 Å². The average molecular weight is 366 g/mol. The first-order chi connectivity index (χ1) is 12.8. The Balaban J connectivity index is 3.02. The van der Waals surface area contributed by atoms with Crippen molar-refractivity contribution in [2.45, 2.75) is 135 Å². The van der Waals surface area contributed by atoms with Crippen LogP contribution in [0.25, 0.3) is 0 Å². The maximum absolute atomic E-state index is 10.2. The fourth-order valence-corrected chi connectivity index (χ4v) is 3.52. The molecule has 0 aliphatic carbocycles. The van der Waals surface area contributed by atoms with Crippen LogP contribution in [0.3, 0.4) is 0 Å². The summed E-state index contributed by atoms with van der Waals surface area (Å²) in [6.07, 6.45) is 30.1. The fourth-order valence-electron chi connectivity index (χ4n) is 3.52. The van der Waals surface area contributed by atoms with Crippen molar-refractivity contribution in [2.75, 3.05) is 0 Å². The first-order valence-electron chi connectivity index (χ1n) is 11.6. The lowest BCUT2D eigenvalue weighted by molar-refractivity contribution is -0.137. The Kier molecular flexibility index (Phi) is 21.6. The molecule has 0 unspecified atom stereocenters. The third-order valence-electron chi connectivity index (χ3n) is 5.23. The van der Waals surface area contributed by atoms with Crippen molar-refractivity contribution in [3.8, 4) is 0 Å². The summed E-state index contributed by atoms with van der Waals surface area (Å²) in [5.74, 6) is -1.08. The van der Waals surface area contributed by atoms with Gasteiger partial charge in [0.15, 0.2) is 0 Å². The highest BCUT2D eigenvalue weighted by Gasteiger charge is 1.95. The monoisotopic (exact) mass is 365 g/mol. The summed E-state index contributed by atoms with van der Waals surface area (Å²) in [5, 5.41) is 10.2. The maximum Gasteiger partial charge on any atom is 0.378 e. The van der Waals surface area contributed by atoms with E-state index in [9.17, 15) is 9.90 Å². The van der Waals surface area contributed by atoms with Gasteiger partial charge in [-0.25, -0.2) is 9.90 Å². The molecule has 2 heteroatoms. The van der Waals surface area contributed by atoms with Crippen molar-refractivity contribution in [3.63, 3.8) is 0 Å². The van der Waals surface area contributed by atoms with E-state index < -0.39 is 5.97 Å². The van der Waals surface area contributed by atoms with Gasteiger partial charge < -0.3 is 0 Å². The molecule has 26 heavy (non-hydrogen) atoms. The van der Waals surface area contributed by atoms with E-state index in [2.05, 4.69) is 6.92 Å². The highest BCUT2D eigenvalue weighted by molar-refractivity contribution is 5.79. The van der Waals surface area contributed by atoms with Crippen LogP contribution in [0.2, 0.25) is 0 Å². The van der Waals surface area contributed by atoms with Gasteiger partial charge in [-0.3, -0.25) is 0 Å². The Bertz CT molecular complexity index is 309. The Labute approximate surface area is 163 Å². The maximum atomic E-state index is 10.2. The second-order valence-corrected chi connectivity index (χ2v) is 7.87. The number of hydrogen-bond donors (Lipinski definition) is 0. The molecule has 0 aromatic carbocycles. The molecular weight excluding hydrogens is 320 g/mol. The molecule has 0 aromatic rings. The van der Waals surface area contributed by atoms with Gasteiger partial charge in [-0.05, 0) is 12.8 Å². The predicted octanol–water partition coefficient (Wildman–Crippen LogP) is 8.32. The predicted molar refractivity (Wildman–Crippen MR) is 113 cm³/mol. The largest absolute Gasteiger partial charge is 0.378 e. The first-order valence-corrected chi connectivity index (χ1v) is 11.6. The summed E-state index contributed by atoms with van der Waals surface area (Å²) in [6, 6.07) is 0. The van der Waals surface area contributed by atoms with Crippen LogP contribution in [0.4, 0.5) is 0 Å². The Morgan fingerprint density at radius 1 is 0.538 bits per heavy atom. The Hall–Kier alpha value is -0.790. The lowest BCUT2D eigenvalue weighted by atomic mass is 10.0. The number of allylic oxidation sites excluding steroid dienone is 1. The molecule has 0 aliphatic rings. The van der Waals surface area contributed by atoms with Crippen LogP contribution in [0, 0.1) is 0 Å². The van der Waals surface area contributed by atoms with Crippen LogP contribution in [-0.2, 0) is 9.90 Å². The number of carbonyl (C=O) groups is 1. The topological polar surface area (TPSA) is 37.0 Å². The molecular formula is C24H45O2. The molecule has 0 spiro atoms. The second-order valence-electron chi connectivity index (χ2n) is 7.87. The minimum Gasteiger partial charge on any atom is -0.242 e. The molecule has 1 radical (unpaired) electrons. The summed E-state index contributed by atoms with van der Waals surface area (Å²) in [7, 11) is 0. The molecule has 2 nitrogen and oxygen atoms in total. The number of carbonyl (C=O) groups excluding carboxylic acids is 1. The van der Waals surface area contributed by atoms with Crippen molar-refractivity contribution in [3.05, 3.63) is 12.2 Å². The smallest absolute Gasteiger partial charge is 0.242 e. The van der Waals surface area contributed by atoms with Gasteiger partial charge >= 0.3 is 5.97 Å². The van der Waals surface area contributed by atoms with Crippen LogP contribution < -0.4 is 0 Å². The molecule has 0 aliphatic heterocycles. The van der Waals surface area contributed by atoms with Gasteiger partial charge in [-0.1, -0.05) is 129 Å². The van der Waals surface area contributed by atoms with Crippen LogP contribution in [0.5, 0.6) is 0 Å². The third-order valence-corrected chi connectivity index (χ3v) is 5.23. The zero-order valence-electron chi connectivity index (χ0n) is 17.6. The Morgan fingerprint density at radius 2 is 0.846 bits per heavy atom. The highest BCUT2D eigenvalue weighted by Crippen LogP contribution is 2.14. The zero-order valence-corrected chi connectivity index (χ0v) is 17.6. The van der Waals surface area contributed by atoms with Crippen molar-refractivity contribution in [1.82, 2.24) is 0 Å². The molecule has 0 saturated heterocycles. The van der Waals surface area contributed by atoms with E-state index in [-0.39, 0.29) is 0 Å². The number of hydrogen-bond acceptors (Lipinski definition) is 1. The molecule has 0 bridgehead atoms. The molecule has 0 saturated carbocycles. The SMILES string of the molecule is CCCCCCCCCCCCCCCCCCCCCC=CC([O])=O. The molecule has 0 N–H and O–H groups in total. The van der Waals surface area contributed by atoms with E-state index >= 15 is 0 Å². The molecule has 0 rings (SSSR count). The lowest BCUT2D eigenvalue weighted by Gasteiger charge is -2.03. The number of unbranched alkanes of at least 4 members (excludes halogenated alkanes) is 19. The van der Waals surface area contributed by atoms with E-state index in [1.807, 2.05) is 0 Å². The van der Waals surface area contributed by atoms with E-state index in [1.54, 1.807) is 6.08 Å². The van der Waals surface area contributed by atoms with Crippen LogP contribution in [0.15, 0.2) is 12.2 Å². The van der Waals surface area contributed by atoms with E-state index in [4.69, 9.17) is 0 Å². The van der Waals surface area contributed by atoms with Crippen molar-refractivity contribution >= 4 is 5.97 Å². The second kappa shape index (κ2) is 22.3. The standard InChI is InChI=1S/C24H45O2/c1-2-3-4-5-6-7-8-9-10-11-12-13-14-15-16-17-18-19-20-21-22-23-24(25)26/h22-23H,2-21H2,1H3. The Morgan fingerprint density at radius 3 is 1.15 bits per heavy atom. The lowest BCUT2D eigenvalue weighted by Crippen LogP contribution is -1.84. The average Bonchev–Trinajstić information content (AvgIpc) is 2.62. The highest BCUT2D eigenvalue weighted by atomic mass is 16.4. The van der Waals surface area contributed by atoms with Crippen LogP contribution in [-0.4, -0.2) is 5.97 Å². The van der Waals surface area contributed by atoms with Crippen LogP contribution >= 0.6 is 0 Å². The molecule has 0 aromatic heterocycles. The normalized spacial score (nSPS) is 11.4. The summed E-state index contributed by atoms with van der Waals surface area (Å²) in [4.78, 5) is 10.2. The third kappa shape index (κ3) is 23.2. The van der Waals surface area contributed by atoms with Gasteiger partial charge in [0.2, 0.25) is 0 Å². The van der Waals surface area contributed by atoms with Gasteiger partial charge in [0, 0.05) is 6.08 Å². The zero-order chi connectivity index (χ0) is 19.1. The van der Waals surface area contributed by atoms with Gasteiger partial charge in [-0.15, -0.1) is 0 Å². The van der Waals surface area contributed by atoms with E-state index in [0.29, 0.717) is 0 Å². The summed E-state index contributed by atoms with van der Waals surface area (Å²) in [6.45, 7) is 2.28. The quantitative estimate of drug-likeness (QED) is 0.149. The van der Waals surface area contributed by atoms with Crippen molar-refractivity contribution in [2.24, 2.45) is 0 Å². The molecule has 0 heterocycles. The van der Waals surface area contributed by atoms with E-state index in [0.717, 1.165) is 18.9 Å². The fraction of sp³-hybridized carbons (Fsp3) is 0.875. The summed E-state index contributed by atoms with van der Waals surface area (Å²) >= 11 is 0. The van der Waals surface area contributed by atoms with Gasteiger partial charge in [0.05, 0.1) is 0 Å². The van der Waals surface area contributed by atoms with Crippen molar-refractivity contribution in [1.29, 1.82) is 0 Å². The summed E-state index contributed by atoms with van der Waals surface area (Å²) < 4.78 is 0.